The zero-order valence-corrected chi connectivity index (χ0v) is 11.4. The highest BCUT2D eigenvalue weighted by atomic mass is 16.5. The van der Waals surface area contributed by atoms with Gasteiger partial charge in [0.15, 0.2) is 0 Å². The van der Waals surface area contributed by atoms with Crippen LogP contribution in [0, 0.1) is 5.92 Å². The summed E-state index contributed by atoms with van der Waals surface area (Å²) in [7, 11) is 0. The van der Waals surface area contributed by atoms with E-state index >= 15 is 0 Å². The molecule has 1 atom stereocenters. The van der Waals surface area contributed by atoms with Crippen molar-refractivity contribution >= 4 is 5.97 Å². The van der Waals surface area contributed by atoms with Crippen LogP contribution in [0.25, 0.3) is 0 Å². The van der Waals surface area contributed by atoms with Gasteiger partial charge >= 0.3 is 5.97 Å². The molecule has 0 radical (unpaired) electrons. The van der Waals surface area contributed by atoms with Crippen LogP contribution in [0.15, 0.2) is 0 Å². The fourth-order valence-electron chi connectivity index (χ4n) is 2.20. The number of nitrogens with zero attached hydrogens (tertiary/aromatic N) is 1. The third-order valence-corrected chi connectivity index (χ3v) is 3.51. The molecule has 1 heterocycles. The summed E-state index contributed by atoms with van der Waals surface area (Å²) < 4.78 is 4.97. The molecular weight excluding hydrogens is 216 g/mol. The molecule has 0 bridgehead atoms. The molecule has 0 aliphatic carbocycles. The van der Waals surface area contributed by atoms with E-state index in [4.69, 9.17) is 4.74 Å². The molecule has 1 aliphatic heterocycles. The summed E-state index contributed by atoms with van der Waals surface area (Å²) in [5.41, 5.74) is 0. The first-order valence-corrected chi connectivity index (χ1v) is 6.79. The Morgan fingerprint density at radius 2 is 2.06 bits per heavy atom. The summed E-state index contributed by atoms with van der Waals surface area (Å²) in [4.78, 5) is 13.9. The van der Waals surface area contributed by atoms with Gasteiger partial charge in [0.05, 0.1) is 6.61 Å². The lowest BCUT2D eigenvalue weighted by molar-refractivity contribution is -0.145. The largest absolute Gasteiger partial charge is 0.465 e. The maximum absolute atomic E-state index is 11.4. The van der Waals surface area contributed by atoms with Crippen molar-refractivity contribution in [3.05, 3.63) is 0 Å². The third kappa shape index (κ3) is 5.04. The Morgan fingerprint density at radius 1 is 1.41 bits per heavy atom. The molecule has 4 heteroatoms. The van der Waals surface area contributed by atoms with E-state index in [9.17, 15) is 4.79 Å². The molecule has 1 unspecified atom stereocenters. The van der Waals surface area contributed by atoms with Crippen LogP contribution >= 0.6 is 0 Å². The predicted molar refractivity (Wildman–Crippen MR) is 68.9 cm³/mol. The lowest BCUT2D eigenvalue weighted by Gasteiger charge is -2.31. The first-order chi connectivity index (χ1) is 8.17. The molecule has 1 saturated heterocycles. The molecule has 0 aromatic heterocycles. The summed E-state index contributed by atoms with van der Waals surface area (Å²) in [6, 6.07) is -0.181. The highest BCUT2D eigenvalue weighted by Crippen LogP contribution is 2.15. The zero-order chi connectivity index (χ0) is 12.7. The van der Waals surface area contributed by atoms with E-state index in [2.05, 4.69) is 17.1 Å². The van der Waals surface area contributed by atoms with Gasteiger partial charge in [0.1, 0.15) is 6.04 Å². The summed E-state index contributed by atoms with van der Waals surface area (Å²) in [6.45, 7) is 10.8. The number of hydrogen-bond acceptors (Lipinski definition) is 4. The van der Waals surface area contributed by atoms with Crippen molar-refractivity contribution in [3.63, 3.8) is 0 Å². The number of carbonyl (C=O) groups excluding carboxylic acids is 1. The van der Waals surface area contributed by atoms with Crippen LogP contribution in [-0.4, -0.2) is 49.7 Å². The number of likely N-dealkylation sites (tertiary alicyclic amines) is 1. The summed E-state index contributed by atoms with van der Waals surface area (Å²) in [5, 5.41) is 3.28. The average molecular weight is 242 g/mol. The summed E-state index contributed by atoms with van der Waals surface area (Å²) in [5.74, 6) is 0.563. The van der Waals surface area contributed by atoms with Crippen molar-refractivity contribution in [2.45, 2.75) is 39.7 Å². The number of hydrogen-bond donors (Lipinski definition) is 1. The van der Waals surface area contributed by atoms with Gasteiger partial charge in [0, 0.05) is 0 Å². The Bertz CT molecular complexity index is 225. The normalized spacial score (nSPS) is 20.2. The van der Waals surface area contributed by atoms with Crippen LogP contribution < -0.4 is 5.32 Å². The highest BCUT2D eigenvalue weighted by molar-refractivity contribution is 5.75. The van der Waals surface area contributed by atoms with Crippen molar-refractivity contribution in [2.75, 3.05) is 32.8 Å². The van der Waals surface area contributed by atoms with E-state index in [1.165, 1.54) is 25.9 Å². The lowest BCUT2D eigenvalue weighted by atomic mass is 9.96. The van der Waals surface area contributed by atoms with Gasteiger partial charge in [-0.3, -0.25) is 4.79 Å². The van der Waals surface area contributed by atoms with Gasteiger partial charge in [0.2, 0.25) is 0 Å². The third-order valence-electron chi connectivity index (χ3n) is 3.51. The van der Waals surface area contributed by atoms with Crippen LogP contribution in [0.1, 0.15) is 33.6 Å². The Kier molecular flexibility index (Phi) is 6.52. The van der Waals surface area contributed by atoms with Crippen LogP contribution in [0.2, 0.25) is 0 Å². The maximum Gasteiger partial charge on any atom is 0.322 e. The number of rotatable bonds is 6. The molecule has 100 valence electrons. The Hall–Kier alpha value is -0.610. The maximum atomic E-state index is 11.4. The van der Waals surface area contributed by atoms with Gasteiger partial charge in [-0.1, -0.05) is 6.92 Å². The quantitative estimate of drug-likeness (QED) is 0.712. The summed E-state index contributed by atoms with van der Waals surface area (Å²) in [6.07, 6.45) is 2.47. The van der Waals surface area contributed by atoms with Gasteiger partial charge < -0.3 is 15.0 Å². The number of ether oxygens (including phenoxy) is 1. The highest BCUT2D eigenvalue weighted by Gasteiger charge is 2.20. The van der Waals surface area contributed by atoms with E-state index in [-0.39, 0.29) is 12.0 Å². The number of nitrogens with one attached hydrogen (secondary N) is 1. The molecule has 1 aliphatic rings. The van der Waals surface area contributed by atoms with E-state index in [0.29, 0.717) is 12.5 Å². The Labute approximate surface area is 105 Å². The second-order valence-corrected chi connectivity index (χ2v) is 4.76. The minimum absolute atomic E-state index is 0.140. The molecule has 1 fully saturated rings. The molecule has 1 N–H and O–H groups in total. The van der Waals surface area contributed by atoms with Gasteiger partial charge in [0.25, 0.3) is 0 Å². The van der Waals surface area contributed by atoms with Crippen molar-refractivity contribution in [3.8, 4) is 0 Å². The van der Waals surface area contributed by atoms with E-state index in [1.807, 2.05) is 13.8 Å². The van der Waals surface area contributed by atoms with Gasteiger partial charge in [-0.05, 0) is 58.8 Å². The van der Waals surface area contributed by atoms with E-state index in [1.54, 1.807) is 0 Å². The second kappa shape index (κ2) is 7.67. The van der Waals surface area contributed by atoms with Crippen LogP contribution in [0.4, 0.5) is 0 Å². The fourth-order valence-corrected chi connectivity index (χ4v) is 2.20. The van der Waals surface area contributed by atoms with Crippen molar-refractivity contribution in [1.29, 1.82) is 0 Å². The molecule has 0 saturated carbocycles. The monoisotopic (exact) mass is 242 g/mol. The first kappa shape index (κ1) is 14.5. The van der Waals surface area contributed by atoms with E-state index < -0.39 is 0 Å². The van der Waals surface area contributed by atoms with Crippen molar-refractivity contribution in [1.82, 2.24) is 10.2 Å². The Balaban J connectivity index is 2.16. The van der Waals surface area contributed by atoms with Crippen molar-refractivity contribution < 1.29 is 9.53 Å². The molecule has 4 nitrogen and oxygen atoms in total. The molecule has 0 amide bonds. The minimum Gasteiger partial charge on any atom is -0.465 e. The molecule has 1 rings (SSSR count). The van der Waals surface area contributed by atoms with Crippen LogP contribution in [-0.2, 0) is 9.53 Å². The van der Waals surface area contributed by atoms with Gasteiger partial charge in [-0.15, -0.1) is 0 Å². The molecule has 0 aromatic carbocycles. The summed E-state index contributed by atoms with van der Waals surface area (Å²) >= 11 is 0. The molecular formula is C13H26N2O2. The zero-order valence-electron chi connectivity index (χ0n) is 11.4. The fraction of sp³-hybridized carbons (Fsp3) is 0.923. The molecule has 17 heavy (non-hydrogen) atoms. The van der Waals surface area contributed by atoms with Crippen LogP contribution in [0.5, 0.6) is 0 Å². The predicted octanol–water partition coefficient (Wildman–Crippen LogP) is 1.26. The topological polar surface area (TPSA) is 41.6 Å². The number of carbonyl (C=O) groups is 1. The average Bonchev–Trinajstić information content (AvgIpc) is 2.36. The second-order valence-electron chi connectivity index (χ2n) is 4.76. The lowest BCUT2D eigenvalue weighted by Crippen LogP contribution is -2.42. The smallest absolute Gasteiger partial charge is 0.322 e. The number of piperidine rings is 1. The van der Waals surface area contributed by atoms with Crippen LogP contribution in [0.3, 0.4) is 0 Å². The SMILES string of the molecule is CCOC(=O)C(C)NCC1CCN(CC)CC1. The van der Waals surface area contributed by atoms with E-state index in [0.717, 1.165) is 13.1 Å². The van der Waals surface area contributed by atoms with Crippen molar-refractivity contribution in [2.24, 2.45) is 5.92 Å². The minimum atomic E-state index is -0.181. The Morgan fingerprint density at radius 3 is 2.59 bits per heavy atom. The first-order valence-electron chi connectivity index (χ1n) is 6.79. The molecule has 0 spiro atoms. The standard InChI is InChI=1S/C13H26N2O2/c1-4-15-8-6-12(7-9-15)10-14-11(3)13(16)17-5-2/h11-12,14H,4-10H2,1-3H3. The number of esters is 1. The molecule has 0 aromatic rings. The van der Waals surface area contributed by atoms with Gasteiger partial charge in [-0.2, -0.15) is 0 Å². The van der Waals surface area contributed by atoms with Gasteiger partial charge in [-0.25, -0.2) is 0 Å².